The molecule has 1 aliphatic rings. The van der Waals surface area contributed by atoms with Crippen molar-refractivity contribution in [2.45, 2.75) is 0 Å². The number of aromatic nitrogens is 1. The first kappa shape index (κ1) is 18.2. The highest BCUT2D eigenvalue weighted by molar-refractivity contribution is 6.18. The molecule has 2 heterocycles. The maximum atomic E-state index is 4.89. The van der Waals surface area contributed by atoms with Crippen LogP contribution in [0.2, 0.25) is 0 Å². The van der Waals surface area contributed by atoms with E-state index in [4.69, 9.17) is 4.98 Å². The molecule has 7 rings (SSSR count). The van der Waals surface area contributed by atoms with Crippen molar-refractivity contribution in [3.05, 3.63) is 121 Å². The second-order valence-electron chi connectivity index (χ2n) is 8.47. The van der Waals surface area contributed by atoms with Gasteiger partial charge in [-0.05, 0) is 52.2 Å². The molecule has 0 fully saturated rings. The Morgan fingerprint density at radius 1 is 0.576 bits per heavy atom. The lowest BCUT2D eigenvalue weighted by atomic mass is 9.90. The fraction of sp³-hybridized carbons (Fsp3) is 0. The summed E-state index contributed by atoms with van der Waals surface area (Å²) in [5, 5.41) is 4.86. The normalized spacial score (nSPS) is 12.2. The van der Waals surface area contributed by atoms with E-state index < -0.39 is 0 Å². The first-order valence-electron chi connectivity index (χ1n) is 11.2. The molecular weight excluding hydrogens is 400 g/mol. The van der Waals surface area contributed by atoms with E-state index in [1.54, 1.807) is 0 Å². The van der Waals surface area contributed by atoms with E-state index >= 15 is 0 Å². The summed E-state index contributed by atoms with van der Waals surface area (Å²) in [6, 6.07) is 41.1. The van der Waals surface area contributed by atoms with E-state index in [-0.39, 0.29) is 0 Å². The van der Waals surface area contributed by atoms with Crippen LogP contribution in [0.1, 0.15) is 0 Å². The summed E-state index contributed by atoms with van der Waals surface area (Å²) in [4.78, 5) is 7.31. The SMILES string of the molecule is c1ccc(-c2cc3c4c(nccc4c2)-c2ccc4ccccc4c2N3c2ccccc2)cc1. The highest BCUT2D eigenvalue weighted by Gasteiger charge is 2.29. The summed E-state index contributed by atoms with van der Waals surface area (Å²) in [6.07, 6.45) is 1.94. The summed E-state index contributed by atoms with van der Waals surface area (Å²) < 4.78 is 0. The van der Waals surface area contributed by atoms with Gasteiger partial charge in [0, 0.05) is 28.2 Å². The Hall–Kier alpha value is -4.43. The quantitative estimate of drug-likeness (QED) is 0.279. The third kappa shape index (κ3) is 2.71. The maximum Gasteiger partial charge on any atom is 0.0822 e. The zero-order valence-electron chi connectivity index (χ0n) is 17.9. The molecule has 0 N–H and O–H groups in total. The van der Waals surface area contributed by atoms with Crippen molar-refractivity contribution < 1.29 is 0 Å². The highest BCUT2D eigenvalue weighted by atomic mass is 15.2. The van der Waals surface area contributed by atoms with Crippen LogP contribution >= 0.6 is 0 Å². The average molecular weight is 421 g/mol. The van der Waals surface area contributed by atoms with E-state index in [1.807, 2.05) is 6.20 Å². The van der Waals surface area contributed by atoms with Crippen LogP contribution in [-0.2, 0) is 0 Å². The number of nitrogens with zero attached hydrogens (tertiary/aromatic N) is 2. The van der Waals surface area contributed by atoms with Gasteiger partial charge < -0.3 is 4.90 Å². The van der Waals surface area contributed by atoms with Gasteiger partial charge in [-0.1, -0.05) is 84.9 Å². The monoisotopic (exact) mass is 420 g/mol. The molecule has 2 heteroatoms. The molecule has 0 saturated heterocycles. The number of para-hydroxylation sites is 1. The van der Waals surface area contributed by atoms with Crippen molar-refractivity contribution in [3.8, 4) is 22.4 Å². The highest BCUT2D eigenvalue weighted by Crippen LogP contribution is 2.53. The van der Waals surface area contributed by atoms with Gasteiger partial charge in [0.15, 0.2) is 0 Å². The molecule has 0 unspecified atom stereocenters. The molecular formula is C31H20N2. The van der Waals surface area contributed by atoms with E-state index in [9.17, 15) is 0 Å². The number of hydrogen-bond donors (Lipinski definition) is 0. The molecule has 0 bridgehead atoms. The molecule has 2 nitrogen and oxygen atoms in total. The third-order valence-electron chi connectivity index (χ3n) is 6.58. The average Bonchev–Trinajstić information content (AvgIpc) is 2.89. The van der Waals surface area contributed by atoms with Crippen LogP contribution in [0.3, 0.4) is 0 Å². The Morgan fingerprint density at radius 2 is 1.33 bits per heavy atom. The molecule has 0 aliphatic carbocycles. The Kier molecular flexibility index (Phi) is 3.88. The van der Waals surface area contributed by atoms with Crippen molar-refractivity contribution >= 4 is 38.6 Å². The summed E-state index contributed by atoms with van der Waals surface area (Å²) >= 11 is 0. The van der Waals surface area contributed by atoms with E-state index in [1.165, 1.54) is 49.6 Å². The Bertz CT molecular complexity index is 1650. The van der Waals surface area contributed by atoms with Crippen LogP contribution in [0.5, 0.6) is 0 Å². The molecule has 1 aromatic heterocycles. The summed E-state index contributed by atoms with van der Waals surface area (Å²) in [5.74, 6) is 0. The lowest BCUT2D eigenvalue weighted by molar-refractivity contribution is 1.26. The zero-order chi connectivity index (χ0) is 21.8. The van der Waals surface area contributed by atoms with Gasteiger partial charge in [0.05, 0.1) is 17.1 Å². The van der Waals surface area contributed by atoms with Gasteiger partial charge in [-0.25, -0.2) is 0 Å². The molecule has 0 radical (unpaired) electrons. The lowest BCUT2D eigenvalue weighted by Gasteiger charge is -2.34. The molecule has 154 valence electrons. The van der Waals surface area contributed by atoms with Crippen LogP contribution in [0.4, 0.5) is 17.1 Å². The predicted octanol–water partition coefficient (Wildman–Crippen LogP) is 8.51. The molecule has 0 atom stereocenters. The topological polar surface area (TPSA) is 16.1 Å². The van der Waals surface area contributed by atoms with Crippen LogP contribution < -0.4 is 4.90 Å². The van der Waals surface area contributed by atoms with E-state index in [0.29, 0.717) is 0 Å². The van der Waals surface area contributed by atoms with E-state index in [2.05, 4.69) is 120 Å². The fourth-order valence-electron chi connectivity index (χ4n) is 5.13. The molecule has 5 aromatic carbocycles. The van der Waals surface area contributed by atoms with Crippen molar-refractivity contribution in [2.24, 2.45) is 0 Å². The van der Waals surface area contributed by atoms with Crippen LogP contribution in [0.25, 0.3) is 43.9 Å². The molecule has 0 saturated carbocycles. The van der Waals surface area contributed by atoms with Gasteiger partial charge in [0.2, 0.25) is 0 Å². The smallest absolute Gasteiger partial charge is 0.0822 e. The minimum Gasteiger partial charge on any atom is -0.308 e. The summed E-state index contributed by atoms with van der Waals surface area (Å²) in [6.45, 7) is 0. The molecule has 1 aliphatic heterocycles. The van der Waals surface area contributed by atoms with Crippen molar-refractivity contribution in [1.82, 2.24) is 4.98 Å². The largest absolute Gasteiger partial charge is 0.308 e. The Labute approximate surface area is 192 Å². The second kappa shape index (κ2) is 7.04. The van der Waals surface area contributed by atoms with Gasteiger partial charge in [-0.15, -0.1) is 0 Å². The number of benzene rings is 5. The first-order chi connectivity index (χ1) is 16.4. The summed E-state index contributed by atoms with van der Waals surface area (Å²) in [5.41, 5.74) is 8.15. The summed E-state index contributed by atoms with van der Waals surface area (Å²) in [7, 11) is 0. The lowest BCUT2D eigenvalue weighted by Crippen LogP contribution is -2.16. The van der Waals surface area contributed by atoms with E-state index in [0.717, 1.165) is 11.4 Å². The number of rotatable bonds is 2. The Balaban J connectivity index is 1.65. The molecule has 0 amide bonds. The first-order valence-corrected chi connectivity index (χ1v) is 11.2. The second-order valence-corrected chi connectivity index (χ2v) is 8.47. The van der Waals surface area contributed by atoms with Gasteiger partial charge in [0.25, 0.3) is 0 Å². The minimum absolute atomic E-state index is 1.05. The number of anilines is 3. The van der Waals surface area contributed by atoms with Gasteiger partial charge in [0.1, 0.15) is 0 Å². The van der Waals surface area contributed by atoms with Crippen molar-refractivity contribution in [1.29, 1.82) is 0 Å². The van der Waals surface area contributed by atoms with Crippen molar-refractivity contribution in [2.75, 3.05) is 4.90 Å². The standard InChI is InChI=1S/C31H20N2/c1-3-9-21(10-4-1)24-19-23-17-18-32-30-27-16-15-22-11-7-8-14-26(22)31(27)33(28(20-24)29(23)30)25-12-5-2-6-13-25/h1-20H. The minimum atomic E-state index is 1.05. The maximum absolute atomic E-state index is 4.89. The fourth-order valence-corrected chi connectivity index (χ4v) is 5.13. The van der Waals surface area contributed by atoms with Crippen LogP contribution in [0, 0.1) is 0 Å². The van der Waals surface area contributed by atoms with Gasteiger partial charge in [-0.3, -0.25) is 4.98 Å². The van der Waals surface area contributed by atoms with Crippen LogP contribution in [-0.4, -0.2) is 4.98 Å². The molecule has 0 spiro atoms. The molecule has 6 aromatic rings. The predicted molar refractivity (Wildman–Crippen MR) is 138 cm³/mol. The van der Waals surface area contributed by atoms with Crippen LogP contribution in [0.15, 0.2) is 121 Å². The van der Waals surface area contributed by atoms with Crippen molar-refractivity contribution in [3.63, 3.8) is 0 Å². The Morgan fingerprint density at radius 3 is 2.18 bits per heavy atom. The third-order valence-corrected chi connectivity index (χ3v) is 6.58. The molecule has 33 heavy (non-hydrogen) atoms. The number of pyridine rings is 1. The van der Waals surface area contributed by atoms with Gasteiger partial charge in [-0.2, -0.15) is 0 Å². The zero-order valence-corrected chi connectivity index (χ0v) is 17.9. The number of hydrogen-bond acceptors (Lipinski definition) is 2. The van der Waals surface area contributed by atoms with Gasteiger partial charge >= 0.3 is 0 Å². The number of fused-ring (bicyclic) bond motifs is 4.